The fourth-order valence-corrected chi connectivity index (χ4v) is 5.59. The van der Waals surface area contributed by atoms with E-state index in [-0.39, 0.29) is 11.2 Å². The molecule has 2 aromatic heterocycles. The summed E-state index contributed by atoms with van der Waals surface area (Å²) in [6, 6.07) is 2.60. The molecule has 2 N–H and O–H groups in total. The number of fused-ring (bicyclic) bond motifs is 1. The number of thiophene rings is 1. The van der Waals surface area contributed by atoms with Crippen LogP contribution in [0.5, 0.6) is 0 Å². The number of thioether (sulfide) groups is 1. The Balaban J connectivity index is 1.37. The Morgan fingerprint density at radius 3 is 3.22 bits per heavy atom. The van der Waals surface area contributed by atoms with E-state index in [0.29, 0.717) is 23.8 Å². The Labute approximate surface area is 147 Å². The lowest BCUT2D eigenvalue weighted by molar-refractivity contribution is -0.120. The van der Waals surface area contributed by atoms with Crippen LogP contribution in [0, 0.1) is 4.77 Å². The zero-order chi connectivity index (χ0) is 15.8. The van der Waals surface area contributed by atoms with Crippen LogP contribution < -0.4 is 5.32 Å². The Kier molecular flexibility index (Phi) is 4.29. The monoisotopic (exact) mass is 366 g/mol. The lowest BCUT2D eigenvalue weighted by Crippen LogP contribution is -2.31. The molecule has 2 aromatic rings. The van der Waals surface area contributed by atoms with Crippen molar-refractivity contribution in [2.75, 3.05) is 12.3 Å². The molecule has 1 aliphatic carbocycles. The van der Waals surface area contributed by atoms with Gasteiger partial charge in [0.25, 0.3) is 0 Å². The molecule has 0 bridgehead atoms. The average molecular weight is 367 g/mol. The second-order valence-electron chi connectivity index (χ2n) is 5.89. The number of amides is 1. The van der Waals surface area contributed by atoms with E-state index in [2.05, 4.69) is 31.5 Å². The van der Waals surface area contributed by atoms with Gasteiger partial charge in [-0.25, -0.2) is 0 Å². The predicted molar refractivity (Wildman–Crippen MR) is 95.6 cm³/mol. The number of aromatic nitrogens is 3. The molecule has 0 saturated heterocycles. The van der Waals surface area contributed by atoms with Crippen LogP contribution in [-0.4, -0.2) is 33.0 Å². The van der Waals surface area contributed by atoms with Gasteiger partial charge in [0.2, 0.25) is 5.91 Å². The molecule has 1 atom stereocenters. The summed E-state index contributed by atoms with van der Waals surface area (Å²) in [6.07, 6.45) is 4.14. The molecule has 0 radical (unpaired) electrons. The van der Waals surface area contributed by atoms with E-state index in [1.54, 1.807) is 23.1 Å². The van der Waals surface area contributed by atoms with Gasteiger partial charge in [0.1, 0.15) is 11.1 Å². The van der Waals surface area contributed by atoms with Crippen LogP contribution in [0.25, 0.3) is 0 Å². The van der Waals surface area contributed by atoms with Gasteiger partial charge in [-0.2, -0.15) is 5.10 Å². The number of carbonyl (C=O) groups excluding carboxylic acids is 1. The van der Waals surface area contributed by atoms with Gasteiger partial charge < -0.3 is 9.88 Å². The molecule has 1 saturated carbocycles. The topological polar surface area (TPSA) is 62.7 Å². The van der Waals surface area contributed by atoms with Crippen LogP contribution in [0.15, 0.2) is 11.4 Å². The Morgan fingerprint density at radius 1 is 1.52 bits per heavy atom. The first-order chi connectivity index (χ1) is 11.2. The molecule has 0 aromatic carbocycles. The number of nitrogens with one attached hydrogen (secondary N) is 2. The third kappa shape index (κ3) is 3.12. The van der Waals surface area contributed by atoms with Crippen LogP contribution in [0.2, 0.25) is 0 Å². The van der Waals surface area contributed by atoms with Gasteiger partial charge in [-0.05, 0) is 54.2 Å². The molecule has 0 unspecified atom stereocenters. The minimum Gasteiger partial charge on any atom is -0.354 e. The molecule has 122 valence electrons. The van der Waals surface area contributed by atoms with Crippen LogP contribution in [-0.2, 0) is 17.6 Å². The minimum absolute atomic E-state index is 0.0609. The average Bonchev–Trinajstić information content (AvgIpc) is 3.14. The first-order valence-electron chi connectivity index (χ1n) is 7.85. The predicted octanol–water partition coefficient (Wildman–Crippen LogP) is 3.03. The van der Waals surface area contributed by atoms with Crippen molar-refractivity contribution in [2.45, 2.75) is 37.0 Å². The molecular weight excluding hydrogens is 348 g/mol. The van der Waals surface area contributed by atoms with Crippen molar-refractivity contribution in [1.29, 1.82) is 0 Å². The number of aromatic amines is 1. The molecule has 3 heterocycles. The summed E-state index contributed by atoms with van der Waals surface area (Å²) in [4.78, 5) is 13.9. The number of rotatable bonds is 5. The molecular formula is C15H18N4OS3. The van der Waals surface area contributed by atoms with Gasteiger partial charge in [0, 0.05) is 23.9 Å². The minimum atomic E-state index is -0.0609. The molecule has 4 rings (SSSR count). The van der Waals surface area contributed by atoms with Gasteiger partial charge in [0.15, 0.2) is 4.77 Å². The number of hydrogen-bond donors (Lipinski definition) is 2. The Morgan fingerprint density at radius 2 is 2.39 bits per heavy atom. The summed E-state index contributed by atoms with van der Waals surface area (Å²) in [5.41, 5.74) is 1.20. The van der Waals surface area contributed by atoms with Crippen LogP contribution in [0.1, 0.15) is 40.4 Å². The first kappa shape index (κ1) is 15.4. The van der Waals surface area contributed by atoms with Gasteiger partial charge in [0.05, 0.1) is 0 Å². The van der Waals surface area contributed by atoms with Crippen molar-refractivity contribution in [2.24, 2.45) is 0 Å². The first-order valence-corrected chi connectivity index (χ1v) is 10.2. The maximum atomic E-state index is 12.5. The van der Waals surface area contributed by atoms with Crippen molar-refractivity contribution >= 4 is 41.2 Å². The Hall–Kier alpha value is -1.12. The van der Waals surface area contributed by atoms with Crippen molar-refractivity contribution < 1.29 is 4.79 Å². The number of carbonyl (C=O) groups is 1. The summed E-state index contributed by atoms with van der Waals surface area (Å²) in [5, 5.41) is 12.3. The maximum absolute atomic E-state index is 12.5. The van der Waals surface area contributed by atoms with Gasteiger partial charge in [-0.3, -0.25) is 9.89 Å². The van der Waals surface area contributed by atoms with E-state index in [9.17, 15) is 4.79 Å². The van der Waals surface area contributed by atoms with Crippen molar-refractivity contribution in [3.05, 3.63) is 32.5 Å². The number of H-pyrrole nitrogens is 1. The maximum Gasteiger partial charge on any atom is 0.237 e. The van der Waals surface area contributed by atoms with E-state index in [4.69, 9.17) is 12.2 Å². The van der Waals surface area contributed by atoms with Crippen molar-refractivity contribution in [3.63, 3.8) is 0 Å². The standard InChI is InChI=1S/C15H18N4OS3/c20-14(13-10-4-7-22-11(10)5-8-23-13)16-6-3-12-17-18-15(21)19(12)9-1-2-9/h4,7,9,13H,1-3,5-6,8H2,(H,16,20)(H,18,21)/t13-/m0/s1. The van der Waals surface area contributed by atoms with Crippen LogP contribution in [0.4, 0.5) is 0 Å². The van der Waals surface area contributed by atoms with Crippen molar-refractivity contribution in [3.8, 4) is 0 Å². The second-order valence-corrected chi connectivity index (χ2v) is 8.49. The molecule has 1 aliphatic heterocycles. The molecule has 5 nitrogen and oxygen atoms in total. The molecule has 2 aliphatic rings. The third-order valence-electron chi connectivity index (χ3n) is 4.25. The van der Waals surface area contributed by atoms with Gasteiger partial charge in [-0.1, -0.05) is 0 Å². The molecule has 0 spiro atoms. The lowest BCUT2D eigenvalue weighted by Gasteiger charge is -2.21. The SMILES string of the molecule is O=C(NCCc1n[nH]c(=S)n1C1CC1)[C@H]1SCCc2sccc21. The summed E-state index contributed by atoms with van der Waals surface area (Å²) in [7, 11) is 0. The summed E-state index contributed by atoms with van der Waals surface area (Å²) in [5.74, 6) is 2.08. The highest BCUT2D eigenvalue weighted by molar-refractivity contribution is 8.00. The van der Waals surface area contributed by atoms with Gasteiger partial charge in [-0.15, -0.1) is 23.1 Å². The normalized spacial score (nSPS) is 20.3. The summed E-state index contributed by atoms with van der Waals surface area (Å²) in [6.45, 7) is 0.599. The fraction of sp³-hybridized carbons (Fsp3) is 0.533. The zero-order valence-electron chi connectivity index (χ0n) is 12.6. The summed E-state index contributed by atoms with van der Waals surface area (Å²) < 4.78 is 2.80. The van der Waals surface area contributed by atoms with Crippen LogP contribution >= 0.6 is 35.3 Å². The zero-order valence-corrected chi connectivity index (χ0v) is 15.0. The molecule has 8 heteroatoms. The van der Waals surface area contributed by atoms with E-state index in [1.807, 2.05) is 0 Å². The fourth-order valence-electron chi connectivity index (χ4n) is 2.98. The van der Waals surface area contributed by atoms with Crippen molar-refractivity contribution in [1.82, 2.24) is 20.1 Å². The Bertz CT molecular complexity index is 774. The third-order valence-corrected chi connectivity index (χ3v) is 6.78. The van der Waals surface area contributed by atoms with E-state index in [1.165, 1.54) is 23.3 Å². The van der Waals surface area contributed by atoms with E-state index in [0.717, 1.165) is 18.0 Å². The smallest absolute Gasteiger partial charge is 0.237 e. The molecule has 23 heavy (non-hydrogen) atoms. The second kappa shape index (κ2) is 6.41. The highest BCUT2D eigenvalue weighted by atomic mass is 32.2. The number of hydrogen-bond acceptors (Lipinski definition) is 5. The molecule has 1 fully saturated rings. The van der Waals surface area contributed by atoms with Crippen LogP contribution in [0.3, 0.4) is 0 Å². The highest BCUT2D eigenvalue weighted by Gasteiger charge is 2.29. The number of aryl methyl sites for hydroxylation is 1. The summed E-state index contributed by atoms with van der Waals surface area (Å²) >= 11 is 8.78. The quantitative estimate of drug-likeness (QED) is 0.799. The van der Waals surface area contributed by atoms with Gasteiger partial charge >= 0.3 is 0 Å². The van der Waals surface area contributed by atoms with E-state index >= 15 is 0 Å². The molecule has 1 amide bonds. The largest absolute Gasteiger partial charge is 0.354 e. The number of nitrogens with zero attached hydrogens (tertiary/aromatic N) is 2. The lowest BCUT2D eigenvalue weighted by atomic mass is 10.1. The van der Waals surface area contributed by atoms with E-state index < -0.39 is 0 Å². The highest BCUT2D eigenvalue weighted by Crippen LogP contribution is 2.39.